The average molecular weight is 414 g/mol. The van der Waals surface area contributed by atoms with Gasteiger partial charge < -0.3 is 9.53 Å². The lowest BCUT2D eigenvalue weighted by molar-refractivity contribution is 0.0251. The van der Waals surface area contributed by atoms with Gasteiger partial charge in [-0.1, -0.05) is 51.1 Å². The van der Waals surface area contributed by atoms with E-state index in [4.69, 9.17) is 4.43 Å². The van der Waals surface area contributed by atoms with E-state index in [0.717, 1.165) is 10.2 Å². The molecule has 0 radical (unpaired) electrons. The first-order valence-corrected chi connectivity index (χ1v) is 12.2. The Morgan fingerprint density at radius 2 is 1.83 bits per heavy atom. The summed E-state index contributed by atoms with van der Waals surface area (Å²) in [4.78, 5) is 4.37. The quantitative estimate of drug-likeness (QED) is 0.638. The smallest absolute Gasteiger partial charge is 0.193 e. The number of nitrogens with zero attached hydrogens (tertiary/aromatic N) is 1. The Morgan fingerprint density at radius 1 is 1.22 bits per heavy atom. The molecule has 0 fully saturated rings. The summed E-state index contributed by atoms with van der Waals surface area (Å²) in [6, 6.07) is 9.93. The average Bonchev–Trinajstić information content (AvgIpc) is 2.90. The van der Waals surface area contributed by atoms with Crippen LogP contribution in [-0.2, 0) is 4.43 Å². The molecule has 2 aromatic rings. The molecule has 23 heavy (non-hydrogen) atoms. The fraction of sp³-hybridized carbons (Fsp3) is 0.471. The van der Waals surface area contributed by atoms with Crippen LogP contribution in [0.1, 0.15) is 43.6 Å². The molecule has 0 bridgehead atoms. The molecule has 3 nitrogen and oxygen atoms in total. The molecule has 0 amide bonds. The summed E-state index contributed by atoms with van der Waals surface area (Å²) < 4.78 is 7.30. The Bertz CT molecular complexity index is 640. The number of benzene rings is 1. The molecule has 1 N–H and O–H groups in total. The zero-order valence-corrected chi connectivity index (χ0v) is 17.6. The van der Waals surface area contributed by atoms with E-state index in [1.165, 1.54) is 11.3 Å². The largest absolute Gasteiger partial charge is 0.407 e. The van der Waals surface area contributed by atoms with Crippen molar-refractivity contribution in [1.82, 2.24) is 4.98 Å². The molecule has 0 unspecified atom stereocenters. The molecule has 2 rings (SSSR count). The van der Waals surface area contributed by atoms with Crippen LogP contribution >= 0.6 is 27.3 Å². The molecule has 0 spiro atoms. The van der Waals surface area contributed by atoms with Gasteiger partial charge in [-0.25, -0.2) is 4.98 Å². The van der Waals surface area contributed by atoms with E-state index in [1.807, 2.05) is 35.7 Å². The van der Waals surface area contributed by atoms with Crippen LogP contribution in [0.3, 0.4) is 0 Å². The van der Waals surface area contributed by atoms with Crippen LogP contribution in [0.4, 0.5) is 0 Å². The van der Waals surface area contributed by atoms with Crippen molar-refractivity contribution in [1.29, 1.82) is 0 Å². The van der Waals surface area contributed by atoms with Crippen LogP contribution in [-0.4, -0.2) is 18.4 Å². The minimum Gasteiger partial charge on any atom is -0.407 e. The summed E-state index contributed by atoms with van der Waals surface area (Å²) in [6.07, 6.45) is -1.18. The van der Waals surface area contributed by atoms with Gasteiger partial charge in [0.25, 0.3) is 0 Å². The second kappa shape index (κ2) is 7.15. The zero-order chi connectivity index (χ0) is 17.3. The van der Waals surface area contributed by atoms with Crippen molar-refractivity contribution in [3.63, 3.8) is 0 Å². The van der Waals surface area contributed by atoms with Gasteiger partial charge in [-0.15, -0.1) is 11.3 Å². The third-order valence-electron chi connectivity index (χ3n) is 4.39. The predicted molar refractivity (Wildman–Crippen MR) is 102 cm³/mol. The number of thiazole rings is 1. The van der Waals surface area contributed by atoms with E-state index in [-0.39, 0.29) is 5.04 Å². The van der Waals surface area contributed by atoms with Gasteiger partial charge in [-0.3, -0.25) is 0 Å². The van der Waals surface area contributed by atoms with Gasteiger partial charge in [0.15, 0.2) is 8.32 Å². The minimum absolute atomic E-state index is 0.0726. The van der Waals surface area contributed by atoms with Crippen LogP contribution in [0.2, 0.25) is 18.1 Å². The Balaban J connectivity index is 2.37. The first-order chi connectivity index (χ1) is 10.6. The predicted octanol–water partition coefficient (Wildman–Crippen LogP) is 5.70. The highest BCUT2D eigenvalue weighted by atomic mass is 79.9. The van der Waals surface area contributed by atoms with Crippen molar-refractivity contribution in [3.8, 4) is 0 Å². The molecule has 6 heteroatoms. The normalized spacial score (nSPS) is 15.4. The monoisotopic (exact) mass is 413 g/mol. The van der Waals surface area contributed by atoms with E-state index in [2.05, 4.69) is 54.8 Å². The second-order valence-corrected chi connectivity index (χ2v) is 13.6. The Morgan fingerprint density at radius 3 is 2.30 bits per heavy atom. The van der Waals surface area contributed by atoms with E-state index in [0.29, 0.717) is 5.01 Å². The highest BCUT2D eigenvalue weighted by Crippen LogP contribution is 2.43. The SMILES string of the molecule is CC(C)(C)[Si](C)(C)O[C@@H](c1ccccc1)[C@@H](O)c1nc(Br)cs1. The number of rotatable bonds is 5. The highest BCUT2D eigenvalue weighted by Gasteiger charge is 2.41. The fourth-order valence-corrected chi connectivity index (χ4v) is 4.51. The van der Waals surface area contributed by atoms with Gasteiger partial charge in [0.1, 0.15) is 21.8 Å². The maximum absolute atomic E-state index is 10.9. The highest BCUT2D eigenvalue weighted by molar-refractivity contribution is 9.10. The molecule has 0 aliphatic heterocycles. The van der Waals surface area contributed by atoms with Crippen molar-refractivity contribution in [2.24, 2.45) is 0 Å². The fourth-order valence-electron chi connectivity index (χ4n) is 1.98. The van der Waals surface area contributed by atoms with Gasteiger partial charge in [-0.05, 0) is 39.6 Å². The molecule has 1 heterocycles. The molecular weight excluding hydrogens is 390 g/mol. The maximum atomic E-state index is 10.9. The summed E-state index contributed by atoms with van der Waals surface area (Å²) >= 11 is 4.80. The Kier molecular flexibility index (Phi) is 5.84. The summed E-state index contributed by atoms with van der Waals surface area (Å²) in [6.45, 7) is 11.0. The second-order valence-electron chi connectivity index (χ2n) is 7.16. The van der Waals surface area contributed by atoms with Gasteiger partial charge in [0, 0.05) is 5.38 Å². The van der Waals surface area contributed by atoms with Crippen molar-refractivity contribution >= 4 is 35.6 Å². The maximum Gasteiger partial charge on any atom is 0.193 e. The van der Waals surface area contributed by atoms with E-state index < -0.39 is 20.5 Å². The first-order valence-electron chi connectivity index (χ1n) is 7.63. The lowest BCUT2D eigenvalue weighted by atomic mass is 10.1. The van der Waals surface area contributed by atoms with E-state index in [1.54, 1.807) is 0 Å². The number of hydrogen-bond acceptors (Lipinski definition) is 4. The summed E-state index contributed by atoms with van der Waals surface area (Å²) in [5, 5.41) is 13.5. The Hall–Kier alpha value is -0.533. The molecule has 126 valence electrons. The zero-order valence-electron chi connectivity index (χ0n) is 14.2. The van der Waals surface area contributed by atoms with Crippen LogP contribution in [0, 0.1) is 0 Å². The number of aromatic nitrogens is 1. The van der Waals surface area contributed by atoms with Crippen molar-refractivity contribution in [2.75, 3.05) is 0 Å². The standard InChI is InChI=1S/C17H24BrNO2SSi/c1-17(2,3)23(4,5)21-15(12-9-7-6-8-10-12)14(20)16-19-13(18)11-22-16/h6-11,14-15,20H,1-5H3/t14-,15+/m1/s1. The Labute approximate surface area is 152 Å². The van der Waals surface area contributed by atoms with Crippen LogP contribution < -0.4 is 0 Å². The number of aliphatic hydroxyl groups is 1. The molecule has 0 saturated carbocycles. The van der Waals surface area contributed by atoms with Crippen LogP contribution in [0.5, 0.6) is 0 Å². The topological polar surface area (TPSA) is 42.4 Å². The number of halogens is 1. The molecule has 0 aliphatic carbocycles. The molecule has 0 saturated heterocycles. The van der Waals surface area contributed by atoms with Crippen LogP contribution in [0.15, 0.2) is 40.3 Å². The van der Waals surface area contributed by atoms with Gasteiger partial charge in [-0.2, -0.15) is 0 Å². The lowest BCUT2D eigenvalue weighted by Crippen LogP contribution is -2.42. The third kappa shape index (κ3) is 4.51. The molecular formula is C17H24BrNO2SSi. The lowest BCUT2D eigenvalue weighted by Gasteiger charge is -2.40. The first kappa shape index (κ1) is 18.8. The van der Waals surface area contributed by atoms with E-state index >= 15 is 0 Å². The summed E-state index contributed by atoms with van der Waals surface area (Å²) in [5.41, 5.74) is 0.983. The molecule has 1 aromatic carbocycles. The molecule has 1 aromatic heterocycles. The summed E-state index contributed by atoms with van der Waals surface area (Å²) in [7, 11) is -2.03. The van der Waals surface area contributed by atoms with Crippen molar-refractivity contribution < 1.29 is 9.53 Å². The van der Waals surface area contributed by atoms with Crippen LogP contribution in [0.25, 0.3) is 0 Å². The molecule has 2 atom stereocenters. The molecule has 0 aliphatic rings. The number of aliphatic hydroxyl groups excluding tert-OH is 1. The number of hydrogen-bond donors (Lipinski definition) is 1. The third-order valence-corrected chi connectivity index (χ3v) is 10.5. The van der Waals surface area contributed by atoms with Crippen molar-refractivity contribution in [2.45, 2.75) is 51.1 Å². The summed E-state index contributed by atoms with van der Waals surface area (Å²) in [5.74, 6) is 0. The van der Waals surface area contributed by atoms with E-state index in [9.17, 15) is 5.11 Å². The van der Waals surface area contributed by atoms with Gasteiger partial charge in [0.2, 0.25) is 0 Å². The minimum atomic E-state index is -2.03. The van der Waals surface area contributed by atoms with Gasteiger partial charge in [0.05, 0.1) is 0 Å². The van der Waals surface area contributed by atoms with Crippen molar-refractivity contribution in [3.05, 3.63) is 50.9 Å². The van der Waals surface area contributed by atoms with Gasteiger partial charge >= 0.3 is 0 Å².